The Hall–Kier alpha value is -1.02. The van der Waals surface area contributed by atoms with Gasteiger partial charge in [-0.3, -0.25) is 0 Å². The van der Waals surface area contributed by atoms with Crippen LogP contribution < -0.4 is 5.32 Å². The van der Waals surface area contributed by atoms with Crippen LogP contribution in [0.25, 0.3) is 0 Å². The Morgan fingerprint density at radius 3 is 3.07 bits per heavy atom. The van der Waals surface area contributed by atoms with E-state index in [2.05, 4.69) is 31.3 Å². The summed E-state index contributed by atoms with van der Waals surface area (Å²) < 4.78 is 1.96. The van der Waals surface area contributed by atoms with Crippen molar-refractivity contribution in [1.82, 2.24) is 20.1 Å². The molecule has 0 aliphatic carbocycles. The third-order valence-electron chi connectivity index (χ3n) is 2.37. The van der Waals surface area contributed by atoms with Crippen molar-refractivity contribution in [3.8, 4) is 0 Å². The summed E-state index contributed by atoms with van der Waals surface area (Å²) >= 11 is 3.16. The highest BCUT2D eigenvalue weighted by atomic mass is 79.9. The third kappa shape index (κ3) is 2.32. The van der Waals surface area contributed by atoms with E-state index in [1.807, 2.05) is 0 Å². The lowest BCUT2D eigenvalue weighted by Crippen LogP contribution is -2.15. The van der Waals surface area contributed by atoms with Crippen LogP contribution >= 0.6 is 15.9 Å². The van der Waals surface area contributed by atoms with Gasteiger partial charge in [-0.05, 0) is 35.3 Å². The molecule has 1 aliphatic heterocycles. The van der Waals surface area contributed by atoms with Gasteiger partial charge in [0.25, 0.3) is 4.73 Å². The molecule has 0 spiro atoms. The van der Waals surface area contributed by atoms with Crippen molar-refractivity contribution in [2.75, 3.05) is 13.1 Å². The van der Waals surface area contributed by atoms with Gasteiger partial charge in [0, 0.05) is 21.0 Å². The molecule has 1 fully saturated rings. The average molecular weight is 276 g/mol. The molecule has 15 heavy (non-hydrogen) atoms. The van der Waals surface area contributed by atoms with E-state index in [1.54, 1.807) is 0 Å². The Morgan fingerprint density at radius 2 is 2.53 bits per heavy atom. The molecule has 1 unspecified atom stereocenters. The molecule has 2 heterocycles. The lowest BCUT2D eigenvalue weighted by molar-refractivity contribution is -0.394. The molecule has 2 rings (SSSR count). The minimum absolute atomic E-state index is 0.354. The number of nitrogens with zero attached hydrogens (tertiary/aromatic N) is 4. The predicted molar refractivity (Wildman–Crippen MR) is 55.4 cm³/mol. The smallest absolute Gasteiger partial charge is 0.390 e. The van der Waals surface area contributed by atoms with E-state index in [-0.39, 0.29) is 5.95 Å². The summed E-state index contributed by atoms with van der Waals surface area (Å²) in [7, 11) is 0. The fourth-order valence-corrected chi connectivity index (χ4v) is 2.00. The Morgan fingerprint density at radius 1 is 1.73 bits per heavy atom. The van der Waals surface area contributed by atoms with Crippen LogP contribution in [0.2, 0.25) is 0 Å². The number of hydrogen-bond donors (Lipinski definition) is 1. The molecule has 0 radical (unpaired) electrons. The van der Waals surface area contributed by atoms with Crippen molar-refractivity contribution < 1.29 is 4.92 Å². The largest absolute Gasteiger partial charge is 0.492 e. The minimum Gasteiger partial charge on any atom is -0.390 e. The molecule has 1 aromatic rings. The van der Waals surface area contributed by atoms with Gasteiger partial charge in [-0.15, -0.1) is 0 Å². The molecule has 1 N–H and O–H groups in total. The first-order chi connectivity index (χ1) is 7.16. The maximum atomic E-state index is 10.4. The van der Waals surface area contributed by atoms with Gasteiger partial charge in [0.2, 0.25) is 0 Å². The Kier molecular flexibility index (Phi) is 2.96. The first kappa shape index (κ1) is 10.5. The van der Waals surface area contributed by atoms with Crippen molar-refractivity contribution >= 4 is 21.9 Å². The highest BCUT2D eigenvalue weighted by Gasteiger charge is 2.23. The van der Waals surface area contributed by atoms with E-state index >= 15 is 0 Å². The zero-order valence-corrected chi connectivity index (χ0v) is 9.48. The highest BCUT2D eigenvalue weighted by Crippen LogP contribution is 2.16. The topological polar surface area (TPSA) is 85.9 Å². The van der Waals surface area contributed by atoms with Gasteiger partial charge in [0.1, 0.15) is 0 Å². The first-order valence-corrected chi connectivity index (χ1v) is 5.41. The van der Waals surface area contributed by atoms with Crippen LogP contribution in [0.3, 0.4) is 0 Å². The Bertz CT molecular complexity index is 373. The molecule has 0 aromatic carbocycles. The molecule has 0 amide bonds. The van der Waals surface area contributed by atoms with E-state index in [9.17, 15) is 10.1 Å². The maximum absolute atomic E-state index is 10.4. The van der Waals surface area contributed by atoms with Gasteiger partial charge in [-0.1, -0.05) is 0 Å². The summed E-state index contributed by atoms with van der Waals surface area (Å²) in [5.74, 6) is 0.121. The Balaban J connectivity index is 2.10. The standard InChI is InChI=1S/C7H10BrN5O2/c8-6-10-7(13(14)15)11-12(6)4-5-1-2-9-3-5/h5,9H,1-4H2. The lowest BCUT2D eigenvalue weighted by Gasteiger charge is -2.04. The SMILES string of the molecule is O=[N+]([O-])c1nc(Br)n(CC2CCNC2)n1. The van der Waals surface area contributed by atoms with E-state index in [4.69, 9.17) is 0 Å². The minimum atomic E-state index is -0.589. The second-order valence-corrected chi connectivity index (χ2v) is 4.19. The van der Waals surface area contributed by atoms with Crippen molar-refractivity contribution in [2.24, 2.45) is 5.92 Å². The molecule has 1 aromatic heterocycles. The average Bonchev–Trinajstić information content (AvgIpc) is 2.77. The highest BCUT2D eigenvalue weighted by molar-refractivity contribution is 9.10. The van der Waals surface area contributed by atoms with Crippen LogP contribution in [0.15, 0.2) is 4.73 Å². The summed E-state index contributed by atoms with van der Waals surface area (Å²) in [5, 5.41) is 17.5. The molecule has 1 saturated heterocycles. The van der Waals surface area contributed by atoms with Gasteiger partial charge >= 0.3 is 5.95 Å². The van der Waals surface area contributed by atoms with Crippen molar-refractivity contribution in [2.45, 2.75) is 13.0 Å². The van der Waals surface area contributed by atoms with Gasteiger partial charge in [-0.2, -0.15) is 4.68 Å². The quantitative estimate of drug-likeness (QED) is 0.644. The van der Waals surface area contributed by atoms with Crippen LogP contribution in [0.1, 0.15) is 6.42 Å². The van der Waals surface area contributed by atoms with Crippen molar-refractivity contribution in [1.29, 1.82) is 0 Å². The van der Waals surface area contributed by atoms with Crippen LogP contribution in [-0.2, 0) is 6.54 Å². The van der Waals surface area contributed by atoms with Gasteiger partial charge < -0.3 is 15.4 Å². The normalized spacial score (nSPS) is 20.7. The van der Waals surface area contributed by atoms with Gasteiger partial charge in [0.05, 0.1) is 6.54 Å². The molecule has 0 saturated carbocycles. The molecule has 1 aliphatic rings. The summed E-state index contributed by atoms with van der Waals surface area (Å²) in [6.45, 7) is 2.59. The summed E-state index contributed by atoms with van der Waals surface area (Å²) in [5.41, 5.74) is 0. The number of nitrogens with one attached hydrogen (secondary N) is 1. The summed E-state index contributed by atoms with van der Waals surface area (Å²) in [6.07, 6.45) is 1.07. The summed E-state index contributed by atoms with van der Waals surface area (Å²) in [4.78, 5) is 13.5. The summed E-state index contributed by atoms with van der Waals surface area (Å²) in [6, 6.07) is 0. The zero-order valence-electron chi connectivity index (χ0n) is 7.89. The fraction of sp³-hybridized carbons (Fsp3) is 0.714. The van der Waals surface area contributed by atoms with E-state index in [1.165, 1.54) is 4.68 Å². The van der Waals surface area contributed by atoms with E-state index in [0.717, 1.165) is 19.5 Å². The predicted octanol–water partition coefficient (Wildman–Crippen LogP) is 0.558. The molecule has 82 valence electrons. The zero-order chi connectivity index (χ0) is 10.8. The van der Waals surface area contributed by atoms with Crippen LogP contribution in [0.5, 0.6) is 0 Å². The number of nitro groups is 1. The number of rotatable bonds is 3. The van der Waals surface area contributed by atoms with E-state index in [0.29, 0.717) is 17.2 Å². The maximum Gasteiger partial charge on any atom is 0.492 e. The monoisotopic (exact) mass is 275 g/mol. The third-order valence-corrected chi connectivity index (χ3v) is 2.96. The van der Waals surface area contributed by atoms with Crippen LogP contribution in [0.4, 0.5) is 5.95 Å². The first-order valence-electron chi connectivity index (χ1n) is 4.62. The number of halogens is 1. The second kappa shape index (κ2) is 4.23. The number of aromatic nitrogens is 3. The van der Waals surface area contributed by atoms with Crippen LogP contribution in [0, 0.1) is 16.0 Å². The number of hydrogen-bond acceptors (Lipinski definition) is 5. The second-order valence-electron chi connectivity index (χ2n) is 3.48. The van der Waals surface area contributed by atoms with E-state index < -0.39 is 4.92 Å². The molecule has 0 bridgehead atoms. The van der Waals surface area contributed by atoms with Crippen LogP contribution in [-0.4, -0.2) is 32.8 Å². The Labute approximate surface area is 94.1 Å². The molecular formula is C7H10BrN5O2. The molecule has 8 heteroatoms. The van der Waals surface area contributed by atoms with Gasteiger partial charge in [-0.25, -0.2) is 0 Å². The lowest BCUT2D eigenvalue weighted by atomic mass is 10.1. The molecular weight excluding hydrogens is 266 g/mol. The van der Waals surface area contributed by atoms with Crippen molar-refractivity contribution in [3.05, 3.63) is 14.8 Å². The van der Waals surface area contributed by atoms with Gasteiger partial charge in [0.15, 0.2) is 0 Å². The van der Waals surface area contributed by atoms with Crippen molar-refractivity contribution in [3.63, 3.8) is 0 Å². The molecule has 1 atom stereocenters. The fourth-order valence-electron chi connectivity index (χ4n) is 1.62. The molecule has 7 nitrogen and oxygen atoms in total.